The zero-order valence-corrected chi connectivity index (χ0v) is 20.1. The molecule has 10 heteroatoms. The Labute approximate surface area is 199 Å². The van der Waals surface area contributed by atoms with Crippen molar-refractivity contribution in [1.82, 2.24) is 9.80 Å². The van der Waals surface area contributed by atoms with Crippen molar-refractivity contribution in [2.24, 2.45) is 0 Å². The van der Waals surface area contributed by atoms with Gasteiger partial charge in [0.05, 0.1) is 11.9 Å². The Hall–Kier alpha value is -2.49. The summed E-state index contributed by atoms with van der Waals surface area (Å²) in [5.41, 5.74) is 1.66. The highest BCUT2D eigenvalue weighted by atomic mass is 35.5. The molecule has 33 heavy (non-hydrogen) atoms. The molecule has 0 radical (unpaired) electrons. The number of hydrogen-bond donors (Lipinski definition) is 0. The quantitative estimate of drug-likeness (QED) is 0.562. The molecule has 1 fully saturated rings. The van der Waals surface area contributed by atoms with Crippen LogP contribution in [-0.2, 0) is 21.4 Å². The summed E-state index contributed by atoms with van der Waals surface area (Å²) < 4.78 is 36.6. The second-order valence-electron chi connectivity index (χ2n) is 8.26. The Morgan fingerprint density at radius 3 is 2.55 bits per heavy atom. The van der Waals surface area contributed by atoms with E-state index in [1.54, 1.807) is 24.3 Å². The molecule has 1 amide bonds. The maximum atomic E-state index is 12.7. The maximum Gasteiger partial charge on any atom is 0.232 e. The third-order valence-electron chi connectivity index (χ3n) is 5.82. The summed E-state index contributed by atoms with van der Waals surface area (Å²) in [4.78, 5) is 16.9. The first-order chi connectivity index (χ1) is 15.8. The van der Waals surface area contributed by atoms with Crippen molar-refractivity contribution >= 4 is 33.2 Å². The van der Waals surface area contributed by atoms with Gasteiger partial charge in [-0.1, -0.05) is 23.7 Å². The summed E-state index contributed by atoms with van der Waals surface area (Å²) >= 11 is 6.01. The van der Waals surface area contributed by atoms with Crippen LogP contribution in [0.15, 0.2) is 42.5 Å². The van der Waals surface area contributed by atoms with Gasteiger partial charge in [0.15, 0.2) is 11.5 Å². The first-order valence-corrected chi connectivity index (χ1v) is 13.1. The Morgan fingerprint density at radius 1 is 1.06 bits per heavy atom. The van der Waals surface area contributed by atoms with Crippen LogP contribution < -0.4 is 13.8 Å². The third-order valence-corrected chi connectivity index (χ3v) is 7.25. The average molecular weight is 494 g/mol. The second kappa shape index (κ2) is 10.2. The summed E-state index contributed by atoms with van der Waals surface area (Å²) in [5.74, 6) is 1.61. The molecule has 8 nitrogen and oxygen atoms in total. The van der Waals surface area contributed by atoms with Crippen molar-refractivity contribution in [2.45, 2.75) is 19.4 Å². The Balaban J connectivity index is 1.24. The van der Waals surface area contributed by atoms with E-state index in [-0.39, 0.29) is 19.2 Å². The number of amides is 1. The molecular weight excluding hydrogens is 466 g/mol. The van der Waals surface area contributed by atoms with Crippen LogP contribution in [0.4, 0.5) is 5.69 Å². The third kappa shape index (κ3) is 6.10. The Kier molecular flexibility index (Phi) is 7.31. The van der Waals surface area contributed by atoms with E-state index in [0.29, 0.717) is 36.6 Å². The fraction of sp³-hybridized carbons (Fsp3) is 0.435. The average Bonchev–Trinajstić information content (AvgIpc) is 3.24. The molecule has 2 aliphatic rings. The number of anilines is 1. The van der Waals surface area contributed by atoms with Gasteiger partial charge in [0.1, 0.15) is 0 Å². The molecule has 0 bridgehead atoms. The summed E-state index contributed by atoms with van der Waals surface area (Å²) in [5, 5.41) is 0.468. The van der Waals surface area contributed by atoms with Crippen LogP contribution >= 0.6 is 11.6 Å². The number of ether oxygens (including phenoxy) is 2. The zero-order valence-electron chi connectivity index (χ0n) is 18.6. The molecule has 2 aliphatic heterocycles. The van der Waals surface area contributed by atoms with Gasteiger partial charge in [0, 0.05) is 50.7 Å². The van der Waals surface area contributed by atoms with Crippen molar-refractivity contribution in [1.29, 1.82) is 0 Å². The second-order valence-corrected chi connectivity index (χ2v) is 10.6. The van der Waals surface area contributed by atoms with Crippen LogP contribution in [-0.4, -0.2) is 69.9 Å². The molecule has 1 saturated heterocycles. The van der Waals surface area contributed by atoms with Gasteiger partial charge in [-0.05, 0) is 42.3 Å². The fourth-order valence-corrected chi connectivity index (χ4v) is 5.24. The Bertz CT molecular complexity index is 1100. The predicted molar refractivity (Wildman–Crippen MR) is 127 cm³/mol. The van der Waals surface area contributed by atoms with E-state index in [1.165, 1.54) is 4.31 Å². The van der Waals surface area contributed by atoms with Gasteiger partial charge in [0.2, 0.25) is 22.7 Å². The largest absolute Gasteiger partial charge is 0.454 e. The van der Waals surface area contributed by atoms with Gasteiger partial charge in [-0.2, -0.15) is 0 Å². The molecule has 0 saturated carbocycles. The van der Waals surface area contributed by atoms with Crippen molar-refractivity contribution in [2.75, 3.05) is 50.1 Å². The topological polar surface area (TPSA) is 79.4 Å². The number of halogens is 1. The number of nitrogens with zero attached hydrogens (tertiary/aromatic N) is 3. The molecule has 0 atom stereocenters. The molecule has 4 rings (SSSR count). The van der Waals surface area contributed by atoms with Crippen molar-refractivity contribution in [3.63, 3.8) is 0 Å². The van der Waals surface area contributed by atoms with Crippen molar-refractivity contribution < 1.29 is 22.7 Å². The van der Waals surface area contributed by atoms with E-state index in [1.807, 2.05) is 23.1 Å². The van der Waals surface area contributed by atoms with Crippen LogP contribution in [0, 0.1) is 0 Å². The minimum Gasteiger partial charge on any atom is -0.454 e. The minimum absolute atomic E-state index is 0.0530. The minimum atomic E-state index is -3.47. The maximum absolute atomic E-state index is 12.7. The summed E-state index contributed by atoms with van der Waals surface area (Å²) in [7, 11) is -3.47. The van der Waals surface area contributed by atoms with Gasteiger partial charge >= 0.3 is 0 Å². The molecule has 0 aromatic heterocycles. The molecule has 0 unspecified atom stereocenters. The SMILES string of the molecule is CS(=O)(=O)N(CCCC(=O)N1CCN(Cc2ccc3c(c2)OCO3)CC1)c1cccc(Cl)c1. The smallest absolute Gasteiger partial charge is 0.232 e. The van der Waals surface area contributed by atoms with E-state index in [9.17, 15) is 13.2 Å². The number of sulfonamides is 1. The Morgan fingerprint density at radius 2 is 1.82 bits per heavy atom. The number of benzene rings is 2. The van der Waals surface area contributed by atoms with E-state index >= 15 is 0 Å². The molecule has 2 heterocycles. The van der Waals surface area contributed by atoms with Crippen molar-refractivity contribution in [3.05, 3.63) is 53.1 Å². The van der Waals surface area contributed by atoms with Crippen LogP contribution in [0.5, 0.6) is 11.5 Å². The van der Waals surface area contributed by atoms with E-state index in [2.05, 4.69) is 4.90 Å². The lowest BCUT2D eigenvalue weighted by atomic mass is 10.1. The number of hydrogen-bond acceptors (Lipinski definition) is 6. The highest BCUT2D eigenvalue weighted by Gasteiger charge is 2.23. The lowest BCUT2D eigenvalue weighted by Gasteiger charge is -2.35. The highest BCUT2D eigenvalue weighted by molar-refractivity contribution is 7.92. The van der Waals surface area contributed by atoms with Crippen LogP contribution in [0.1, 0.15) is 18.4 Å². The predicted octanol–water partition coefficient (Wildman–Crippen LogP) is 2.96. The first kappa shape index (κ1) is 23.7. The number of carbonyl (C=O) groups is 1. The molecule has 0 spiro atoms. The molecule has 2 aromatic rings. The summed E-state index contributed by atoms with van der Waals surface area (Å²) in [6, 6.07) is 12.7. The van der Waals surface area contributed by atoms with Crippen LogP contribution in [0.2, 0.25) is 5.02 Å². The van der Waals surface area contributed by atoms with E-state index < -0.39 is 10.0 Å². The zero-order chi connectivity index (χ0) is 23.4. The molecule has 0 N–H and O–H groups in total. The van der Waals surface area contributed by atoms with Gasteiger partial charge in [0.25, 0.3) is 0 Å². The first-order valence-electron chi connectivity index (χ1n) is 10.9. The number of carbonyl (C=O) groups excluding carboxylic acids is 1. The lowest BCUT2D eigenvalue weighted by molar-refractivity contribution is -0.133. The monoisotopic (exact) mass is 493 g/mol. The standard InChI is InChI=1S/C23H28ClN3O5S/c1-33(29,30)27(20-5-2-4-19(24)15-20)9-3-6-23(28)26-12-10-25(11-13-26)16-18-7-8-21-22(14-18)32-17-31-21/h2,4-5,7-8,14-15H,3,6,9-13,16-17H2,1H3. The molecule has 2 aromatic carbocycles. The van der Waals surface area contributed by atoms with Crippen LogP contribution in [0.3, 0.4) is 0 Å². The molecular formula is C23H28ClN3O5S. The summed E-state index contributed by atoms with van der Waals surface area (Å²) in [6.45, 7) is 4.19. The fourth-order valence-electron chi connectivity index (χ4n) is 4.10. The van der Waals surface area contributed by atoms with Crippen molar-refractivity contribution in [3.8, 4) is 11.5 Å². The van der Waals surface area contributed by atoms with Gasteiger partial charge in [-0.25, -0.2) is 8.42 Å². The van der Waals surface area contributed by atoms with Gasteiger partial charge in [-0.15, -0.1) is 0 Å². The number of piperazine rings is 1. The van der Waals surface area contributed by atoms with Gasteiger partial charge in [-0.3, -0.25) is 14.0 Å². The number of fused-ring (bicyclic) bond motifs is 1. The van der Waals surface area contributed by atoms with E-state index in [0.717, 1.165) is 43.0 Å². The highest BCUT2D eigenvalue weighted by Crippen LogP contribution is 2.33. The normalized spacial score (nSPS) is 16.1. The lowest BCUT2D eigenvalue weighted by Crippen LogP contribution is -2.48. The van der Waals surface area contributed by atoms with Gasteiger partial charge < -0.3 is 14.4 Å². The molecule has 0 aliphatic carbocycles. The summed E-state index contributed by atoms with van der Waals surface area (Å²) in [6.07, 6.45) is 1.90. The van der Waals surface area contributed by atoms with Crippen LogP contribution in [0.25, 0.3) is 0 Å². The number of rotatable bonds is 8. The molecule has 178 valence electrons. The van der Waals surface area contributed by atoms with E-state index in [4.69, 9.17) is 21.1 Å².